The SMILES string of the molecule is CCCCCC/C(C)=C/C=C/CC/C=C\[C@@H]1CSC(C2CC2C)=N1. The molecule has 1 aliphatic heterocycles. The first-order valence-electron chi connectivity index (χ1n) is 9.90. The van der Waals surface area contributed by atoms with Gasteiger partial charge in [-0.15, -0.1) is 11.8 Å². The zero-order valence-corrected chi connectivity index (χ0v) is 16.7. The van der Waals surface area contributed by atoms with E-state index in [1.807, 2.05) is 11.8 Å². The van der Waals surface area contributed by atoms with E-state index in [0.29, 0.717) is 6.04 Å². The predicted octanol–water partition coefficient (Wildman–Crippen LogP) is 6.97. The third-order valence-corrected chi connectivity index (χ3v) is 6.13. The lowest BCUT2D eigenvalue weighted by Crippen LogP contribution is -1.97. The fraction of sp³-hybridized carbons (Fsp3) is 0.682. The average Bonchev–Trinajstić information content (AvgIpc) is 3.11. The van der Waals surface area contributed by atoms with Gasteiger partial charge in [-0.3, -0.25) is 4.99 Å². The van der Waals surface area contributed by atoms with Crippen molar-refractivity contribution in [2.75, 3.05) is 5.75 Å². The fourth-order valence-corrected chi connectivity index (χ4v) is 4.34. The minimum absolute atomic E-state index is 0.437. The second-order valence-electron chi connectivity index (χ2n) is 7.42. The number of allylic oxidation sites excluding steroid dienone is 5. The molecular formula is C22H35NS. The summed E-state index contributed by atoms with van der Waals surface area (Å²) in [6.07, 6.45) is 21.7. The summed E-state index contributed by atoms with van der Waals surface area (Å²) < 4.78 is 0. The van der Waals surface area contributed by atoms with Crippen molar-refractivity contribution in [2.45, 2.75) is 78.2 Å². The Hall–Kier alpha value is -0.760. The maximum absolute atomic E-state index is 4.86. The highest BCUT2D eigenvalue weighted by atomic mass is 32.2. The summed E-state index contributed by atoms with van der Waals surface area (Å²) in [6.45, 7) is 6.86. The predicted molar refractivity (Wildman–Crippen MR) is 111 cm³/mol. The summed E-state index contributed by atoms with van der Waals surface area (Å²) in [7, 11) is 0. The summed E-state index contributed by atoms with van der Waals surface area (Å²) in [4.78, 5) is 4.86. The molecule has 1 fully saturated rings. The van der Waals surface area contributed by atoms with E-state index < -0.39 is 0 Å². The van der Waals surface area contributed by atoms with Crippen LogP contribution in [0.4, 0.5) is 0 Å². The molecule has 0 spiro atoms. The Morgan fingerprint density at radius 2 is 2.00 bits per heavy atom. The van der Waals surface area contributed by atoms with Gasteiger partial charge in [0.2, 0.25) is 0 Å². The number of rotatable bonds is 11. The molecule has 1 heterocycles. The minimum Gasteiger partial charge on any atom is -0.274 e. The number of thioether (sulfide) groups is 1. The number of aliphatic imine (C=N–C) groups is 1. The largest absolute Gasteiger partial charge is 0.274 e. The van der Waals surface area contributed by atoms with Crippen LogP contribution in [0.5, 0.6) is 0 Å². The van der Waals surface area contributed by atoms with E-state index in [2.05, 4.69) is 51.2 Å². The van der Waals surface area contributed by atoms with Gasteiger partial charge >= 0.3 is 0 Å². The van der Waals surface area contributed by atoms with Crippen LogP contribution in [-0.4, -0.2) is 16.8 Å². The van der Waals surface area contributed by atoms with Gasteiger partial charge in [-0.1, -0.05) is 69.1 Å². The van der Waals surface area contributed by atoms with E-state index in [0.717, 1.165) is 30.4 Å². The van der Waals surface area contributed by atoms with E-state index in [4.69, 9.17) is 4.99 Å². The summed E-state index contributed by atoms with van der Waals surface area (Å²) in [5, 5.41) is 1.43. The zero-order chi connectivity index (χ0) is 17.2. The van der Waals surface area contributed by atoms with Crippen LogP contribution in [0, 0.1) is 11.8 Å². The number of hydrogen-bond donors (Lipinski definition) is 0. The highest BCUT2D eigenvalue weighted by Gasteiger charge is 2.39. The van der Waals surface area contributed by atoms with Crippen molar-refractivity contribution in [3.05, 3.63) is 36.0 Å². The first-order chi connectivity index (χ1) is 11.7. The number of unbranched alkanes of at least 4 members (excludes halogenated alkanes) is 4. The Morgan fingerprint density at radius 3 is 2.75 bits per heavy atom. The van der Waals surface area contributed by atoms with Crippen LogP contribution in [0.15, 0.2) is 40.9 Å². The van der Waals surface area contributed by atoms with Crippen molar-refractivity contribution in [1.82, 2.24) is 0 Å². The molecule has 0 N–H and O–H groups in total. The molecule has 3 atom stereocenters. The zero-order valence-electron chi connectivity index (χ0n) is 15.8. The molecule has 0 saturated heterocycles. The maximum atomic E-state index is 4.86. The molecule has 0 amide bonds. The highest BCUT2D eigenvalue weighted by Crippen LogP contribution is 2.44. The van der Waals surface area contributed by atoms with Crippen LogP contribution < -0.4 is 0 Å². The lowest BCUT2D eigenvalue weighted by atomic mass is 10.1. The Bertz CT molecular complexity index is 486. The standard InChI is InChI=1S/C22H35NS/c1-4-5-6-10-13-18(2)14-11-8-7-9-12-15-20-17-24-22(23-20)21-16-19(21)3/h8,11-12,14-15,19-21H,4-7,9-10,13,16-17H2,1-3H3/b11-8+,15-12-,18-14+/t19?,20-,21?/m1/s1. The third kappa shape index (κ3) is 7.42. The lowest BCUT2D eigenvalue weighted by molar-refractivity contribution is 0.664. The van der Waals surface area contributed by atoms with Crippen LogP contribution in [0.1, 0.15) is 72.1 Å². The number of hydrogen-bond acceptors (Lipinski definition) is 2. The van der Waals surface area contributed by atoms with Gasteiger partial charge in [0.15, 0.2) is 0 Å². The van der Waals surface area contributed by atoms with Gasteiger partial charge in [-0.05, 0) is 44.9 Å². The van der Waals surface area contributed by atoms with E-state index >= 15 is 0 Å². The lowest BCUT2D eigenvalue weighted by Gasteiger charge is -1.99. The van der Waals surface area contributed by atoms with Crippen LogP contribution in [-0.2, 0) is 0 Å². The van der Waals surface area contributed by atoms with Gasteiger partial charge in [0.25, 0.3) is 0 Å². The molecule has 24 heavy (non-hydrogen) atoms. The van der Waals surface area contributed by atoms with Gasteiger partial charge in [0, 0.05) is 11.7 Å². The van der Waals surface area contributed by atoms with Crippen molar-refractivity contribution >= 4 is 16.8 Å². The van der Waals surface area contributed by atoms with E-state index in [-0.39, 0.29) is 0 Å². The maximum Gasteiger partial charge on any atom is 0.0783 e. The fourth-order valence-electron chi connectivity index (χ4n) is 3.06. The van der Waals surface area contributed by atoms with Crippen molar-refractivity contribution in [3.8, 4) is 0 Å². The van der Waals surface area contributed by atoms with Gasteiger partial charge in [-0.25, -0.2) is 0 Å². The Kier molecular flexibility index (Phi) is 8.94. The van der Waals surface area contributed by atoms with Gasteiger partial charge < -0.3 is 0 Å². The molecule has 0 radical (unpaired) electrons. The molecule has 0 bridgehead atoms. The third-order valence-electron chi connectivity index (χ3n) is 4.92. The molecule has 2 aliphatic rings. The van der Waals surface area contributed by atoms with Crippen LogP contribution in [0.25, 0.3) is 0 Å². The molecule has 134 valence electrons. The Labute approximate surface area is 153 Å². The quantitative estimate of drug-likeness (QED) is 0.224. The Balaban J connectivity index is 1.55. The van der Waals surface area contributed by atoms with Crippen molar-refractivity contribution in [2.24, 2.45) is 16.8 Å². The minimum atomic E-state index is 0.437. The Morgan fingerprint density at radius 1 is 1.21 bits per heavy atom. The summed E-state index contributed by atoms with van der Waals surface area (Å²) in [5.41, 5.74) is 1.51. The molecule has 0 aromatic heterocycles. The first-order valence-corrected chi connectivity index (χ1v) is 10.9. The molecule has 0 aromatic carbocycles. The molecule has 1 saturated carbocycles. The van der Waals surface area contributed by atoms with Crippen LogP contribution in [0.3, 0.4) is 0 Å². The van der Waals surface area contributed by atoms with Crippen LogP contribution >= 0.6 is 11.8 Å². The monoisotopic (exact) mass is 345 g/mol. The van der Waals surface area contributed by atoms with Crippen molar-refractivity contribution in [1.29, 1.82) is 0 Å². The van der Waals surface area contributed by atoms with Crippen LogP contribution in [0.2, 0.25) is 0 Å². The van der Waals surface area contributed by atoms with Gasteiger partial charge in [0.1, 0.15) is 0 Å². The molecule has 2 rings (SSSR count). The molecule has 0 aromatic rings. The summed E-state index contributed by atoms with van der Waals surface area (Å²) >= 11 is 1.99. The average molecular weight is 346 g/mol. The second kappa shape index (κ2) is 11.0. The van der Waals surface area contributed by atoms with Crippen molar-refractivity contribution < 1.29 is 0 Å². The molecule has 1 aliphatic carbocycles. The summed E-state index contributed by atoms with van der Waals surface area (Å²) in [5.74, 6) is 2.84. The van der Waals surface area contributed by atoms with E-state index in [9.17, 15) is 0 Å². The topological polar surface area (TPSA) is 12.4 Å². The molecular weight excluding hydrogens is 310 g/mol. The van der Waals surface area contributed by atoms with Gasteiger partial charge in [0.05, 0.1) is 11.1 Å². The second-order valence-corrected chi connectivity index (χ2v) is 8.46. The summed E-state index contributed by atoms with van der Waals surface area (Å²) in [6, 6.07) is 0.437. The molecule has 2 heteroatoms. The normalized spacial score (nSPS) is 27.4. The smallest absolute Gasteiger partial charge is 0.0783 e. The van der Waals surface area contributed by atoms with Crippen molar-refractivity contribution in [3.63, 3.8) is 0 Å². The molecule has 1 nitrogen and oxygen atoms in total. The first kappa shape index (κ1) is 19.6. The van der Waals surface area contributed by atoms with E-state index in [1.54, 1.807) is 0 Å². The highest BCUT2D eigenvalue weighted by molar-refractivity contribution is 8.14. The molecule has 2 unspecified atom stereocenters. The number of nitrogens with zero attached hydrogens (tertiary/aromatic N) is 1. The van der Waals surface area contributed by atoms with Gasteiger partial charge in [-0.2, -0.15) is 0 Å². The van der Waals surface area contributed by atoms with E-state index in [1.165, 1.54) is 49.1 Å².